The summed E-state index contributed by atoms with van der Waals surface area (Å²) in [5.74, 6) is -0.197. The molecule has 1 atom stereocenters. The fourth-order valence-corrected chi connectivity index (χ4v) is 2.67. The number of aliphatic hydroxyl groups is 1. The van der Waals surface area contributed by atoms with Gasteiger partial charge in [-0.1, -0.05) is 0 Å². The lowest BCUT2D eigenvalue weighted by atomic mass is 10.1. The van der Waals surface area contributed by atoms with Crippen LogP contribution >= 0.6 is 11.3 Å². The van der Waals surface area contributed by atoms with E-state index in [0.717, 1.165) is 11.3 Å². The van der Waals surface area contributed by atoms with E-state index in [2.05, 4.69) is 10.4 Å². The summed E-state index contributed by atoms with van der Waals surface area (Å²) in [4.78, 5) is 12.1. The smallest absolute Gasteiger partial charge is 0.255 e. The first kappa shape index (κ1) is 13.8. The molecule has 0 aliphatic carbocycles. The maximum Gasteiger partial charge on any atom is 0.255 e. The highest BCUT2D eigenvalue weighted by Crippen LogP contribution is 2.16. The van der Waals surface area contributed by atoms with Crippen LogP contribution in [-0.4, -0.2) is 27.3 Å². The van der Waals surface area contributed by atoms with Gasteiger partial charge in [0.2, 0.25) is 0 Å². The quantitative estimate of drug-likeness (QED) is 0.892. The maximum absolute atomic E-state index is 12.1. The van der Waals surface area contributed by atoms with Crippen molar-refractivity contribution in [3.63, 3.8) is 0 Å². The second kappa shape index (κ2) is 5.54. The van der Waals surface area contributed by atoms with Gasteiger partial charge in [-0.05, 0) is 36.2 Å². The third-order valence-electron chi connectivity index (χ3n) is 3.12. The average Bonchev–Trinajstić information content (AvgIpc) is 2.96. The van der Waals surface area contributed by atoms with Crippen LogP contribution < -0.4 is 5.32 Å². The van der Waals surface area contributed by atoms with Crippen LogP contribution in [-0.2, 0) is 7.05 Å². The number of aryl methyl sites for hydroxylation is 2. The molecule has 0 aromatic carbocycles. The topological polar surface area (TPSA) is 67.2 Å². The molecule has 1 unspecified atom stereocenters. The van der Waals surface area contributed by atoms with E-state index in [1.54, 1.807) is 18.7 Å². The van der Waals surface area contributed by atoms with E-state index in [9.17, 15) is 9.90 Å². The van der Waals surface area contributed by atoms with Gasteiger partial charge in [0.1, 0.15) is 0 Å². The van der Waals surface area contributed by atoms with Gasteiger partial charge in [-0.15, -0.1) is 0 Å². The molecule has 2 aromatic heterocycles. The monoisotopic (exact) mass is 279 g/mol. The minimum absolute atomic E-state index is 0.197. The van der Waals surface area contributed by atoms with Crippen molar-refractivity contribution < 1.29 is 9.90 Å². The Hall–Kier alpha value is -1.66. The molecule has 102 valence electrons. The van der Waals surface area contributed by atoms with Crippen molar-refractivity contribution in [3.05, 3.63) is 39.3 Å². The molecule has 0 radical (unpaired) electrons. The summed E-state index contributed by atoms with van der Waals surface area (Å²) in [7, 11) is 1.80. The molecule has 0 spiro atoms. The number of hydrogen-bond donors (Lipinski definition) is 2. The fourth-order valence-electron chi connectivity index (χ4n) is 1.96. The number of aliphatic hydroxyl groups excluding tert-OH is 1. The number of aromatic nitrogens is 2. The Bertz CT molecular complexity index is 575. The van der Waals surface area contributed by atoms with Gasteiger partial charge in [-0.3, -0.25) is 9.48 Å². The van der Waals surface area contributed by atoms with Crippen LogP contribution in [0.1, 0.15) is 33.4 Å². The molecule has 0 saturated heterocycles. The SMILES string of the molecule is Cc1nn(C)c(C)c1C(=O)NCC(O)c1ccsc1. The molecule has 2 rings (SSSR count). The Kier molecular flexibility index (Phi) is 4.01. The molecule has 2 heterocycles. The van der Waals surface area contributed by atoms with Gasteiger partial charge in [0.05, 0.1) is 17.4 Å². The van der Waals surface area contributed by atoms with E-state index < -0.39 is 6.10 Å². The summed E-state index contributed by atoms with van der Waals surface area (Å²) in [5.41, 5.74) is 2.92. The molecule has 0 fully saturated rings. The molecule has 0 aliphatic heterocycles. The minimum atomic E-state index is -0.674. The normalized spacial score (nSPS) is 12.4. The lowest BCUT2D eigenvalue weighted by Crippen LogP contribution is -2.29. The van der Waals surface area contributed by atoms with Crippen LogP contribution in [0.5, 0.6) is 0 Å². The molecule has 19 heavy (non-hydrogen) atoms. The first-order valence-electron chi connectivity index (χ1n) is 5.99. The molecule has 0 bridgehead atoms. The van der Waals surface area contributed by atoms with Gasteiger partial charge < -0.3 is 10.4 Å². The Morgan fingerprint density at radius 2 is 2.32 bits per heavy atom. The predicted molar refractivity (Wildman–Crippen MR) is 74.3 cm³/mol. The second-order valence-electron chi connectivity index (χ2n) is 4.45. The highest BCUT2D eigenvalue weighted by molar-refractivity contribution is 7.07. The third kappa shape index (κ3) is 2.85. The summed E-state index contributed by atoms with van der Waals surface area (Å²) in [6.07, 6.45) is -0.674. The zero-order chi connectivity index (χ0) is 14.0. The number of amides is 1. The number of carbonyl (C=O) groups is 1. The van der Waals surface area contributed by atoms with Crippen LogP contribution in [0.25, 0.3) is 0 Å². The molecule has 6 heteroatoms. The molecular weight excluding hydrogens is 262 g/mol. The Labute approximate surface area is 115 Å². The molecule has 0 saturated carbocycles. The number of nitrogens with zero attached hydrogens (tertiary/aromatic N) is 2. The van der Waals surface area contributed by atoms with Crippen LogP contribution in [0.3, 0.4) is 0 Å². The number of thiophene rings is 1. The summed E-state index contributed by atoms with van der Waals surface area (Å²) < 4.78 is 1.68. The van der Waals surface area contributed by atoms with Crippen LogP contribution in [0.15, 0.2) is 16.8 Å². The Morgan fingerprint density at radius 3 is 2.84 bits per heavy atom. The fraction of sp³-hybridized carbons (Fsp3) is 0.385. The van der Waals surface area contributed by atoms with Gasteiger partial charge in [0, 0.05) is 19.3 Å². The number of carbonyl (C=O) groups excluding carboxylic acids is 1. The molecular formula is C13H17N3O2S. The number of hydrogen-bond acceptors (Lipinski definition) is 4. The van der Waals surface area contributed by atoms with E-state index in [1.807, 2.05) is 23.8 Å². The van der Waals surface area contributed by atoms with Crippen molar-refractivity contribution in [2.24, 2.45) is 7.05 Å². The van der Waals surface area contributed by atoms with Crippen molar-refractivity contribution in [1.29, 1.82) is 0 Å². The lowest BCUT2D eigenvalue weighted by Gasteiger charge is -2.10. The number of nitrogens with one attached hydrogen (secondary N) is 1. The van der Waals surface area contributed by atoms with Gasteiger partial charge in [0.15, 0.2) is 0 Å². The second-order valence-corrected chi connectivity index (χ2v) is 5.23. The molecule has 1 amide bonds. The standard InChI is InChI=1S/C13H17N3O2S/c1-8-12(9(2)16(3)15-8)13(18)14-6-11(17)10-4-5-19-7-10/h4-5,7,11,17H,6H2,1-3H3,(H,14,18). The minimum Gasteiger partial charge on any atom is -0.387 e. The van der Waals surface area contributed by atoms with Crippen LogP contribution in [0, 0.1) is 13.8 Å². The van der Waals surface area contributed by atoms with Crippen LogP contribution in [0.2, 0.25) is 0 Å². The molecule has 5 nitrogen and oxygen atoms in total. The van der Waals surface area contributed by atoms with E-state index >= 15 is 0 Å². The first-order valence-corrected chi connectivity index (χ1v) is 6.93. The zero-order valence-electron chi connectivity index (χ0n) is 11.2. The Balaban J connectivity index is 2.02. The average molecular weight is 279 g/mol. The van der Waals surface area contributed by atoms with Crippen molar-refractivity contribution in [2.75, 3.05) is 6.54 Å². The van der Waals surface area contributed by atoms with Gasteiger partial charge in [0.25, 0.3) is 5.91 Å². The molecule has 2 aromatic rings. The van der Waals surface area contributed by atoms with Crippen molar-refractivity contribution >= 4 is 17.2 Å². The van der Waals surface area contributed by atoms with Crippen molar-refractivity contribution in [3.8, 4) is 0 Å². The van der Waals surface area contributed by atoms with Crippen molar-refractivity contribution in [1.82, 2.24) is 15.1 Å². The zero-order valence-corrected chi connectivity index (χ0v) is 12.0. The van der Waals surface area contributed by atoms with Crippen molar-refractivity contribution in [2.45, 2.75) is 20.0 Å². The van der Waals surface area contributed by atoms with E-state index in [1.165, 1.54) is 11.3 Å². The maximum atomic E-state index is 12.1. The van der Waals surface area contributed by atoms with Gasteiger partial charge in [-0.25, -0.2) is 0 Å². The highest BCUT2D eigenvalue weighted by Gasteiger charge is 2.18. The molecule has 0 aliphatic rings. The molecule has 2 N–H and O–H groups in total. The van der Waals surface area contributed by atoms with Gasteiger partial charge in [-0.2, -0.15) is 16.4 Å². The first-order chi connectivity index (χ1) is 9.00. The van der Waals surface area contributed by atoms with E-state index in [0.29, 0.717) is 11.3 Å². The predicted octanol–water partition coefficient (Wildman–Crippen LogP) is 1.56. The number of rotatable bonds is 4. The van der Waals surface area contributed by atoms with Crippen LogP contribution in [0.4, 0.5) is 0 Å². The summed E-state index contributed by atoms with van der Waals surface area (Å²) in [5, 5.41) is 20.6. The third-order valence-corrected chi connectivity index (χ3v) is 3.82. The largest absolute Gasteiger partial charge is 0.387 e. The van der Waals surface area contributed by atoms with E-state index in [-0.39, 0.29) is 12.5 Å². The Morgan fingerprint density at radius 1 is 1.58 bits per heavy atom. The van der Waals surface area contributed by atoms with Gasteiger partial charge >= 0.3 is 0 Å². The van der Waals surface area contributed by atoms with E-state index in [4.69, 9.17) is 0 Å². The summed E-state index contributed by atoms with van der Waals surface area (Å²) in [6.45, 7) is 3.85. The summed E-state index contributed by atoms with van der Waals surface area (Å²) >= 11 is 1.52. The highest BCUT2D eigenvalue weighted by atomic mass is 32.1. The lowest BCUT2D eigenvalue weighted by molar-refractivity contribution is 0.0915. The summed E-state index contributed by atoms with van der Waals surface area (Å²) in [6, 6.07) is 1.85.